The number of phenolic OH excluding ortho intramolecular Hbond substituents is 1. The number of aromatic hydroxyl groups is 1. The van der Waals surface area contributed by atoms with E-state index in [0.29, 0.717) is 35.4 Å². The number of ether oxygens (including phenoxy) is 1. The van der Waals surface area contributed by atoms with E-state index in [1.807, 2.05) is 30.3 Å². The number of rotatable bonds is 14. The molecule has 11 nitrogen and oxygen atoms in total. The summed E-state index contributed by atoms with van der Waals surface area (Å²) in [6.07, 6.45) is 2.39. The maximum absolute atomic E-state index is 13.7. The molecule has 3 amide bonds. The predicted molar refractivity (Wildman–Crippen MR) is 161 cm³/mol. The summed E-state index contributed by atoms with van der Waals surface area (Å²) in [5, 5.41) is 25.1. The first-order valence-corrected chi connectivity index (χ1v) is 13.3. The van der Waals surface area contributed by atoms with E-state index >= 15 is 0 Å². The minimum atomic E-state index is -1.06. The number of carbonyl (C=O) groups is 3. The molecule has 0 fully saturated rings. The molecule has 0 aliphatic heterocycles. The fraction of sp³-hybridized carbons (Fsp3) is 0.226. The lowest BCUT2D eigenvalue weighted by atomic mass is 10.0. The van der Waals surface area contributed by atoms with Gasteiger partial charge in [0, 0.05) is 18.5 Å². The maximum atomic E-state index is 13.7. The molecule has 0 aliphatic carbocycles. The Bertz CT molecular complexity index is 1390. The second-order valence-corrected chi connectivity index (χ2v) is 9.54. The van der Waals surface area contributed by atoms with Crippen LogP contribution in [0.25, 0.3) is 11.6 Å². The monoisotopic (exact) mass is 572 g/mol. The lowest BCUT2D eigenvalue weighted by molar-refractivity contribution is -0.130. The van der Waals surface area contributed by atoms with Crippen molar-refractivity contribution >= 4 is 35.3 Å². The molecule has 3 aromatic rings. The average Bonchev–Trinajstić information content (AvgIpc) is 2.98. The maximum Gasteiger partial charge on any atom is 0.252 e. The molecular weight excluding hydrogens is 536 g/mol. The summed E-state index contributed by atoms with van der Waals surface area (Å²) in [4.78, 5) is 39.4. The fourth-order valence-electron chi connectivity index (χ4n) is 4.16. The minimum Gasteiger partial charge on any atom is -0.508 e. The third-order valence-corrected chi connectivity index (χ3v) is 6.40. The van der Waals surface area contributed by atoms with Crippen LogP contribution in [0.15, 0.2) is 78.9 Å². The predicted octanol–water partition coefficient (Wildman–Crippen LogP) is 1.90. The Morgan fingerprint density at radius 1 is 0.929 bits per heavy atom. The van der Waals surface area contributed by atoms with Gasteiger partial charge in [-0.3, -0.25) is 19.8 Å². The summed E-state index contributed by atoms with van der Waals surface area (Å²) in [6.45, 7) is 0.301. The molecule has 2 atom stereocenters. The molecule has 0 unspecified atom stereocenters. The van der Waals surface area contributed by atoms with E-state index in [9.17, 15) is 19.5 Å². The van der Waals surface area contributed by atoms with Crippen molar-refractivity contribution in [2.45, 2.75) is 31.3 Å². The van der Waals surface area contributed by atoms with Crippen molar-refractivity contribution in [3.63, 3.8) is 0 Å². The summed E-state index contributed by atoms with van der Waals surface area (Å²) >= 11 is 0. The van der Waals surface area contributed by atoms with Gasteiger partial charge in [0.15, 0.2) is 5.96 Å². The molecule has 0 heterocycles. The van der Waals surface area contributed by atoms with Gasteiger partial charge in [0.05, 0.1) is 7.11 Å². The highest BCUT2D eigenvalue weighted by Gasteiger charge is 2.27. The number of carbonyl (C=O) groups excluding carboxylic acids is 3. The van der Waals surface area contributed by atoms with Gasteiger partial charge in [-0.1, -0.05) is 54.6 Å². The Labute approximate surface area is 244 Å². The summed E-state index contributed by atoms with van der Waals surface area (Å²) in [5.41, 5.74) is 13.4. The Hall–Kier alpha value is -5.32. The second-order valence-electron chi connectivity index (χ2n) is 9.54. The Balaban J connectivity index is 1.85. The first-order chi connectivity index (χ1) is 20.2. The highest BCUT2D eigenvalue weighted by molar-refractivity contribution is 6.24. The van der Waals surface area contributed by atoms with Crippen molar-refractivity contribution < 1.29 is 24.2 Å². The van der Waals surface area contributed by atoms with Gasteiger partial charge in [-0.25, -0.2) is 0 Å². The van der Waals surface area contributed by atoms with Crippen LogP contribution in [0.5, 0.6) is 11.5 Å². The van der Waals surface area contributed by atoms with E-state index in [1.165, 1.54) is 12.1 Å². The molecule has 9 N–H and O–H groups in total. The number of benzene rings is 3. The number of nitrogens with one attached hydrogen (secondary N) is 4. The van der Waals surface area contributed by atoms with Gasteiger partial charge in [0.1, 0.15) is 23.6 Å². The van der Waals surface area contributed by atoms with Crippen LogP contribution in [0.1, 0.15) is 29.5 Å². The summed E-state index contributed by atoms with van der Waals surface area (Å²) < 4.78 is 5.22. The third kappa shape index (κ3) is 9.70. The van der Waals surface area contributed by atoms with Crippen molar-refractivity contribution in [1.82, 2.24) is 16.0 Å². The third-order valence-electron chi connectivity index (χ3n) is 6.40. The first kappa shape index (κ1) is 31.2. The largest absolute Gasteiger partial charge is 0.508 e. The Kier molecular flexibility index (Phi) is 11.5. The lowest BCUT2D eigenvalue weighted by Gasteiger charge is -2.23. The van der Waals surface area contributed by atoms with Crippen molar-refractivity contribution in [3.05, 3.63) is 95.6 Å². The van der Waals surface area contributed by atoms with Crippen LogP contribution in [0.3, 0.4) is 0 Å². The fourth-order valence-corrected chi connectivity index (χ4v) is 4.16. The number of hydrogen-bond donors (Lipinski definition) is 7. The van der Waals surface area contributed by atoms with Gasteiger partial charge in [0.25, 0.3) is 5.91 Å². The van der Waals surface area contributed by atoms with Gasteiger partial charge in [-0.15, -0.1) is 0 Å². The van der Waals surface area contributed by atoms with Crippen LogP contribution in [0.2, 0.25) is 0 Å². The molecule has 11 heteroatoms. The SMILES string of the molecule is COc1ccc(/C=C(/C(=O)N[C@H](CCCNC(=N)N)C(=O)N[C@@H](Cc2ccc(O)cc2)C(N)=O)c2ccccc2)cc1. The van der Waals surface area contributed by atoms with Crippen LogP contribution < -0.4 is 32.2 Å². The van der Waals surface area contributed by atoms with E-state index in [0.717, 1.165) is 5.56 Å². The average molecular weight is 573 g/mol. The molecule has 0 aromatic heterocycles. The smallest absolute Gasteiger partial charge is 0.252 e. The second kappa shape index (κ2) is 15.5. The van der Waals surface area contributed by atoms with Crippen LogP contribution in [-0.2, 0) is 20.8 Å². The molecule has 0 aliphatic rings. The summed E-state index contributed by atoms with van der Waals surface area (Å²) in [7, 11) is 1.57. The molecule has 3 aromatic carbocycles. The van der Waals surface area contributed by atoms with Crippen molar-refractivity contribution in [1.29, 1.82) is 5.41 Å². The number of nitrogens with two attached hydrogens (primary N) is 2. The molecule has 0 saturated carbocycles. The number of hydrogen-bond acceptors (Lipinski definition) is 6. The summed E-state index contributed by atoms with van der Waals surface area (Å²) in [5.74, 6) is -1.31. The topological polar surface area (TPSA) is 193 Å². The van der Waals surface area contributed by atoms with Gasteiger partial charge < -0.3 is 37.3 Å². The normalized spacial score (nSPS) is 12.5. The van der Waals surface area contributed by atoms with Crippen LogP contribution in [0, 0.1) is 5.41 Å². The standard InChI is InChI=1S/C31H36N6O5/c1-42-24-15-11-20(12-16-24)18-25(22-6-3-2-4-7-22)29(40)36-26(8-5-17-35-31(33)34)30(41)37-27(28(32)39)19-21-9-13-23(38)14-10-21/h2-4,6-7,9-16,18,26-27,38H,5,8,17,19H2,1H3,(H2,32,39)(H,36,40)(H,37,41)(H4,33,34,35)/b25-18+/t26-,27+/m1/s1. The van der Waals surface area contributed by atoms with Gasteiger partial charge in [0.2, 0.25) is 11.8 Å². The molecule has 0 bridgehead atoms. The van der Waals surface area contributed by atoms with Crippen LogP contribution in [-0.4, -0.2) is 54.5 Å². The van der Waals surface area contributed by atoms with Crippen molar-refractivity contribution in [2.75, 3.05) is 13.7 Å². The zero-order valence-electron chi connectivity index (χ0n) is 23.3. The molecule has 0 spiro atoms. The lowest BCUT2D eigenvalue weighted by Crippen LogP contribution is -2.53. The van der Waals surface area contributed by atoms with Gasteiger partial charge in [-0.2, -0.15) is 0 Å². The quantitative estimate of drug-likeness (QED) is 0.0504. The zero-order chi connectivity index (χ0) is 30.5. The van der Waals surface area contributed by atoms with E-state index in [2.05, 4.69) is 16.0 Å². The number of primary amides is 1. The Morgan fingerprint density at radius 2 is 1.60 bits per heavy atom. The number of amides is 3. The van der Waals surface area contributed by atoms with Gasteiger partial charge in [-0.05, 0) is 59.9 Å². The summed E-state index contributed by atoms with van der Waals surface area (Å²) in [6, 6.07) is 20.3. The van der Waals surface area contributed by atoms with E-state index < -0.39 is 29.8 Å². The minimum absolute atomic E-state index is 0.0669. The molecular formula is C31H36N6O5. The van der Waals surface area contributed by atoms with Crippen molar-refractivity contribution in [2.24, 2.45) is 11.5 Å². The first-order valence-electron chi connectivity index (χ1n) is 13.3. The van der Waals surface area contributed by atoms with Crippen molar-refractivity contribution in [3.8, 4) is 11.5 Å². The number of methoxy groups -OCH3 is 1. The van der Waals surface area contributed by atoms with E-state index in [-0.39, 0.29) is 24.6 Å². The molecule has 0 saturated heterocycles. The van der Waals surface area contributed by atoms with E-state index in [1.54, 1.807) is 49.6 Å². The molecule has 42 heavy (non-hydrogen) atoms. The van der Waals surface area contributed by atoms with E-state index in [4.69, 9.17) is 21.6 Å². The number of phenols is 1. The highest BCUT2D eigenvalue weighted by atomic mass is 16.5. The van der Waals surface area contributed by atoms with Gasteiger partial charge >= 0.3 is 0 Å². The van der Waals surface area contributed by atoms with Crippen LogP contribution >= 0.6 is 0 Å². The zero-order valence-corrected chi connectivity index (χ0v) is 23.3. The Morgan fingerprint density at radius 3 is 2.19 bits per heavy atom. The number of guanidine groups is 1. The molecule has 0 radical (unpaired) electrons. The molecule has 220 valence electrons. The van der Waals surface area contributed by atoms with Crippen LogP contribution in [0.4, 0.5) is 0 Å². The highest BCUT2D eigenvalue weighted by Crippen LogP contribution is 2.21. The molecule has 3 rings (SSSR count).